The highest BCUT2D eigenvalue weighted by Crippen LogP contribution is 2.30. The minimum atomic E-state index is -0.243. The van der Waals surface area contributed by atoms with Gasteiger partial charge in [0.1, 0.15) is 0 Å². The van der Waals surface area contributed by atoms with Crippen LogP contribution in [0.2, 0.25) is 0 Å². The lowest BCUT2D eigenvalue weighted by Gasteiger charge is -2.13. The summed E-state index contributed by atoms with van der Waals surface area (Å²) < 4.78 is 2.12. The van der Waals surface area contributed by atoms with Gasteiger partial charge in [-0.25, -0.2) is 0 Å². The van der Waals surface area contributed by atoms with Gasteiger partial charge in [-0.05, 0) is 31.7 Å². The van der Waals surface area contributed by atoms with E-state index in [0.29, 0.717) is 12.5 Å². The van der Waals surface area contributed by atoms with Crippen molar-refractivity contribution < 1.29 is 5.11 Å². The first kappa shape index (κ1) is 14.5. The molecule has 0 aliphatic heterocycles. The van der Waals surface area contributed by atoms with Crippen LogP contribution in [-0.2, 0) is 6.42 Å². The maximum Gasteiger partial charge on any atom is 0.0686 e. The predicted octanol–water partition coefficient (Wildman–Crippen LogP) is 3.58. The van der Waals surface area contributed by atoms with Crippen LogP contribution in [0.15, 0.2) is 12.3 Å². The molecule has 20 heavy (non-hydrogen) atoms. The summed E-state index contributed by atoms with van der Waals surface area (Å²) in [6, 6.07) is 2.69. The first-order chi connectivity index (χ1) is 9.81. The highest BCUT2D eigenvalue weighted by Gasteiger charge is 2.19. The number of rotatable bonds is 6. The molecule has 0 spiro atoms. The van der Waals surface area contributed by atoms with Gasteiger partial charge >= 0.3 is 0 Å². The molecule has 0 radical (unpaired) electrons. The van der Waals surface area contributed by atoms with E-state index in [-0.39, 0.29) is 6.10 Å². The molecular formula is C16H26N2OS. The fraction of sp³-hybridized carbons (Fsp3) is 0.812. The molecule has 2 saturated carbocycles. The number of aliphatic hydroxyl groups excluding tert-OH is 1. The van der Waals surface area contributed by atoms with Crippen LogP contribution in [0.4, 0.5) is 0 Å². The Hall–Kier alpha value is -0.480. The minimum absolute atomic E-state index is 0.243. The van der Waals surface area contributed by atoms with Gasteiger partial charge in [0.25, 0.3) is 0 Å². The summed E-state index contributed by atoms with van der Waals surface area (Å²) >= 11 is 1.96. The largest absolute Gasteiger partial charge is 0.392 e. The molecule has 1 N–H and O–H groups in total. The van der Waals surface area contributed by atoms with E-state index in [4.69, 9.17) is 0 Å². The second kappa shape index (κ2) is 6.99. The van der Waals surface area contributed by atoms with E-state index in [1.54, 1.807) is 0 Å². The van der Waals surface area contributed by atoms with Crippen molar-refractivity contribution >= 4 is 11.8 Å². The van der Waals surface area contributed by atoms with Crippen molar-refractivity contribution in [1.29, 1.82) is 0 Å². The molecule has 0 saturated heterocycles. The quantitative estimate of drug-likeness (QED) is 0.871. The van der Waals surface area contributed by atoms with E-state index in [0.717, 1.165) is 16.7 Å². The third kappa shape index (κ3) is 3.79. The Balaban J connectivity index is 1.44. The summed E-state index contributed by atoms with van der Waals surface area (Å²) in [6.45, 7) is 0. The molecular weight excluding hydrogens is 268 g/mol. The summed E-state index contributed by atoms with van der Waals surface area (Å²) in [5, 5.41) is 15.6. The van der Waals surface area contributed by atoms with Crippen molar-refractivity contribution in [3.05, 3.63) is 18.0 Å². The lowest BCUT2D eigenvalue weighted by Crippen LogP contribution is -2.16. The van der Waals surface area contributed by atoms with Gasteiger partial charge in [-0.2, -0.15) is 16.9 Å². The van der Waals surface area contributed by atoms with Gasteiger partial charge in [0.05, 0.1) is 17.8 Å². The average molecular weight is 294 g/mol. The Labute approximate surface area is 126 Å². The van der Waals surface area contributed by atoms with Gasteiger partial charge < -0.3 is 5.11 Å². The van der Waals surface area contributed by atoms with Gasteiger partial charge in [-0.15, -0.1) is 0 Å². The zero-order chi connectivity index (χ0) is 13.8. The molecule has 0 aromatic carbocycles. The van der Waals surface area contributed by atoms with Crippen LogP contribution < -0.4 is 0 Å². The van der Waals surface area contributed by atoms with E-state index in [1.807, 2.05) is 11.8 Å². The van der Waals surface area contributed by atoms with Crippen LogP contribution in [0.3, 0.4) is 0 Å². The molecule has 112 valence electrons. The van der Waals surface area contributed by atoms with Gasteiger partial charge in [-0.1, -0.05) is 25.7 Å². The molecule has 2 fully saturated rings. The van der Waals surface area contributed by atoms with Crippen LogP contribution in [0.5, 0.6) is 0 Å². The Kier molecular flexibility index (Phi) is 5.05. The van der Waals surface area contributed by atoms with E-state index in [1.165, 1.54) is 51.4 Å². The van der Waals surface area contributed by atoms with Crippen molar-refractivity contribution in [1.82, 2.24) is 9.78 Å². The number of nitrogens with zero attached hydrogens (tertiary/aromatic N) is 2. The molecule has 2 aliphatic carbocycles. The minimum Gasteiger partial charge on any atom is -0.392 e. The lowest BCUT2D eigenvalue weighted by molar-refractivity contribution is 0.198. The normalized spacial score (nSPS) is 22.6. The maximum absolute atomic E-state index is 10.2. The molecule has 0 bridgehead atoms. The first-order valence-corrected chi connectivity index (χ1v) is 9.20. The molecule has 1 heterocycles. The molecule has 3 nitrogen and oxygen atoms in total. The van der Waals surface area contributed by atoms with Crippen LogP contribution in [0.1, 0.15) is 63.1 Å². The van der Waals surface area contributed by atoms with Gasteiger partial charge in [0.15, 0.2) is 0 Å². The van der Waals surface area contributed by atoms with Crippen LogP contribution >= 0.6 is 11.8 Å². The Bertz CT molecular complexity index is 408. The van der Waals surface area contributed by atoms with Crippen molar-refractivity contribution in [3.63, 3.8) is 0 Å². The fourth-order valence-electron chi connectivity index (χ4n) is 3.46. The van der Waals surface area contributed by atoms with E-state index in [2.05, 4.69) is 22.0 Å². The monoisotopic (exact) mass is 294 g/mol. The Morgan fingerprint density at radius 3 is 2.65 bits per heavy atom. The summed E-state index contributed by atoms with van der Waals surface area (Å²) in [5.74, 6) is 0.862. The molecule has 1 unspecified atom stereocenters. The zero-order valence-corrected chi connectivity index (χ0v) is 13.0. The standard InChI is InChI=1S/C16H26N2OS/c19-15(12-20-16-7-3-4-8-16)11-13-9-10-18(17-13)14-5-1-2-6-14/h9-10,14-16,19H,1-8,11-12H2. The summed E-state index contributed by atoms with van der Waals surface area (Å²) in [5.41, 5.74) is 1.05. The molecule has 3 rings (SSSR count). The second-order valence-electron chi connectivity index (χ2n) is 6.32. The van der Waals surface area contributed by atoms with Gasteiger partial charge in [0.2, 0.25) is 0 Å². The number of thioether (sulfide) groups is 1. The Morgan fingerprint density at radius 1 is 1.20 bits per heavy atom. The molecule has 2 aliphatic rings. The Morgan fingerprint density at radius 2 is 1.90 bits per heavy atom. The number of aliphatic hydroxyl groups is 1. The average Bonchev–Trinajstić information content (AvgIpc) is 3.18. The zero-order valence-electron chi connectivity index (χ0n) is 12.2. The highest BCUT2D eigenvalue weighted by atomic mass is 32.2. The fourth-order valence-corrected chi connectivity index (χ4v) is 4.74. The summed E-state index contributed by atoms with van der Waals surface area (Å²) in [6.07, 6.45) is 13.2. The van der Waals surface area contributed by atoms with Gasteiger partial charge in [0, 0.05) is 23.6 Å². The second-order valence-corrected chi connectivity index (χ2v) is 7.66. The smallest absolute Gasteiger partial charge is 0.0686 e. The van der Waals surface area contributed by atoms with E-state index >= 15 is 0 Å². The van der Waals surface area contributed by atoms with Crippen LogP contribution in [0.25, 0.3) is 0 Å². The highest BCUT2D eigenvalue weighted by molar-refractivity contribution is 7.99. The summed E-state index contributed by atoms with van der Waals surface area (Å²) in [7, 11) is 0. The number of aromatic nitrogens is 2. The van der Waals surface area contributed by atoms with Crippen molar-refractivity contribution in [2.24, 2.45) is 0 Å². The number of hydrogen-bond acceptors (Lipinski definition) is 3. The lowest BCUT2D eigenvalue weighted by atomic mass is 10.2. The van der Waals surface area contributed by atoms with Crippen molar-refractivity contribution in [2.75, 3.05) is 5.75 Å². The van der Waals surface area contributed by atoms with Crippen LogP contribution in [-0.4, -0.2) is 32.0 Å². The number of hydrogen-bond donors (Lipinski definition) is 1. The first-order valence-electron chi connectivity index (χ1n) is 8.15. The van der Waals surface area contributed by atoms with E-state index < -0.39 is 0 Å². The SMILES string of the molecule is OC(CSC1CCCC1)Cc1ccn(C2CCCC2)n1. The molecule has 1 aromatic heterocycles. The van der Waals surface area contributed by atoms with E-state index in [9.17, 15) is 5.11 Å². The predicted molar refractivity (Wildman–Crippen MR) is 84.2 cm³/mol. The van der Waals surface area contributed by atoms with Crippen molar-refractivity contribution in [2.45, 2.75) is 75.2 Å². The molecule has 1 atom stereocenters. The van der Waals surface area contributed by atoms with Gasteiger partial charge in [-0.3, -0.25) is 4.68 Å². The maximum atomic E-state index is 10.2. The topological polar surface area (TPSA) is 38.0 Å². The summed E-state index contributed by atoms with van der Waals surface area (Å²) in [4.78, 5) is 0. The molecule has 1 aromatic rings. The van der Waals surface area contributed by atoms with Crippen LogP contribution in [0, 0.1) is 0 Å². The molecule has 4 heteroatoms. The third-order valence-electron chi connectivity index (χ3n) is 4.63. The molecule has 0 amide bonds. The van der Waals surface area contributed by atoms with Crippen molar-refractivity contribution in [3.8, 4) is 0 Å². The third-order valence-corrected chi connectivity index (χ3v) is 6.15.